The van der Waals surface area contributed by atoms with Crippen LogP contribution in [0.1, 0.15) is 18.4 Å². The molecule has 0 bridgehead atoms. The molecule has 5 heteroatoms. The van der Waals surface area contributed by atoms with Gasteiger partial charge in [0.15, 0.2) is 0 Å². The Morgan fingerprint density at radius 2 is 1.79 bits per heavy atom. The van der Waals surface area contributed by atoms with Crippen molar-refractivity contribution in [2.24, 2.45) is 0 Å². The van der Waals surface area contributed by atoms with Gasteiger partial charge in [-0.25, -0.2) is 8.78 Å². The van der Waals surface area contributed by atoms with Crippen LogP contribution in [0.4, 0.5) is 8.78 Å². The number of nitrogens with zero attached hydrogens (tertiary/aromatic N) is 2. The highest BCUT2D eigenvalue weighted by Gasteiger charge is 2.31. The van der Waals surface area contributed by atoms with E-state index in [4.69, 9.17) is 0 Å². The van der Waals surface area contributed by atoms with Crippen LogP contribution < -0.4 is 0 Å². The van der Waals surface area contributed by atoms with Gasteiger partial charge in [0.2, 0.25) is 0 Å². The summed E-state index contributed by atoms with van der Waals surface area (Å²) in [6.45, 7) is 4.17. The smallest absolute Gasteiger partial charge is 0.144 e. The predicted molar refractivity (Wildman–Crippen MR) is 73.9 cm³/mol. The first-order valence-corrected chi connectivity index (χ1v) is 7.53. The van der Waals surface area contributed by atoms with Crippen molar-refractivity contribution in [3.63, 3.8) is 0 Å². The Morgan fingerprint density at radius 3 is 2.42 bits per heavy atom. The van der Waals surface area contributed by atoms with Crippen LogP contribution in [0.25, 0.3) is 0 Å². The lowest BCUT2D eigenvalue weighted by atomic mass is 10.1. The molecule has 0 atom stereocenters. The van der Waals surface area contributed by atoms with E-state index >= 15 is 0 Å². The third kappa shape index (κ3) is 2.98. The lowest BCUT2D eigenvalue weighted by Gasteiger charge is -2.34. The molecular weight excluding hydrogens is 314 g/mol. The van der Waals surface area contributed by atoms with Gasteiger partial charge in [0.1, 0.15) is 11.6 Å². The number of halogens is 3. The summed E-state index contributed by atoms with van der Waals surface area (Å²) >= 11 is 3.11. The van der Waals surface area contributed by atoms with Crippen LogP contribution in [0.15, 0.2) is 16.6 Å². The van der Waals surface area contributed by atoms with E-state index in [9.17, 15) is 8.78 Å². The summed E-state index contributed by atoms with van der Waals surface area (Å²) in [6.07, 6.45) is 2.63. The van der Waals surface area contributed by atoms with E-state index in [1.807, 2.05) is 0 Å². The van der Waals surface area contributed by atoms with Gasteiger partial charge in [-0.15, -0.1) is 0 Å². The Labute approximate surface area is 120 Å². The first-order chi connectivity index (χ1) is 9.15. The first kappa shape index (κ1) is 13.5. The number of rotatable bonds is 3. The van der Waals surface area contributed by atoms with Gasteiger partial charge >= 0.3 is 0 Å². The summed E-state index contributed by atoms with van der Waals surface area (Å²) < 4.78 is 27.9. The minimum absolute atomic E-state index is 0.175. The van der Waals surface area contributed by atoms with Crippen LogP contribution in [-0.2, 0) is 6.54 Å². The van der Waals surface area contributed by atoms with Gasteiger partial charge in [-0.3, -0.25) is 9.80 Å². The maximum absolute atomic E-state index is 13.9. The highest BCUT2D eigenvalue weighted by atomic mass is 79.9. The standard InChI is InChI=1S/C14H17BrF2N2/c15-12-3-4-13(16)11(14(12)17)9-18-5-7-19(8-6-18)10-1-2-10/h3-4,10H,1-2,5-9H2. The average Bonchev–Trinajstić information content (AvgIpc) is 3.24. The lowest BCUT2D eigenvalue weighted by molar-refractivity contribution is 0.119. The number of benzene rings is 1. The minimum atomic E-state index is -0.468. The molecule has 0 aromatic heterocycles. The van der Waals surface area contributed by atoms with Crippen molar-refractivity contribution in [2.45, 2.75) is 25.4 Å². The summed E-state index contributed by atoms with van der Waals surface area (Å²) in [5.41, 5.74) is 0.175. The molecule has 1 aromatic carbocycles. The highest BCUT2D eigenvalue weighted by molar-refractivity contribution is 9.10. The second kappa shape index (κ2) is 5.46. The molecular formula is C14H17BrF2N2. The first-order valence-electron chi connectivity index (χ1n) is 6.74. The molecule has 19 heavy (non-hydrogen) atoms. The molecule has 0 amide bonds. The fraction of sp³-hybridized carbons (Fsp3) is 0.571. The molecule has 104 valence electrons. The van der Waals surface area contributed by atoms with Crippen LogP contribution >= 0.6 is 15.9 Å². The zero-order valence-corrected chi connectivity index (χ0v) is 12.3. The van der Waals surface area contributed by atoms with Gasteiger partial charge in [0.05, 0.1) is 4.47 Å². The van der Waals surface area contributed by atoms with Crippen LogP contribution in [0.2, 0.25) is 0 Å². The van der Waals surface area contributed by atoms with E-state index in [-0.39, 0.29) is 5.56 Å². The van der Waals surface area contributed by atoms with E-state index in [1.165, 1.54) is 25.0 Å². The predicted octanol–water partition coefficient (Wildman–Crippen LogP) is 3.01. The minimum Gasteiger partial charge on any atom is -0.298 e. The molecule has 1 aliphatic carbocycles. The molecule has 2 aliphatic rings. The largest absolute Gasteiger partial charge is 0.298 e. The van der Waals surface area contributed by atoms with E-state index in [1.54, 1.807) is 0 Å². The van der Waals surface area contributed by atoms with Crippen molar-refractivity contribution in [1.82, 2.24) is 9.80 Å². The fourth-order valence-electron chi connectivity index (χ4n) is 2.66. The van der Waals surface area contributed by atoms with Crippen molar-refractivity contribution in [2.75, 3.05) is 26.2 Å². The number of piperazine rings is 1. The van der Waals surface area contributed by atoms with Gasteiger partial charge in [0.25, 0.3) is 0 Å². The Morgan fingerprint density at radius 1 is 1.11 bits per heavy atom. The molecule has 0 N–H and O–H groups in total. The molecule has 0 unspecified atom stereocenters. The Hall–Kier alpha value is -0.520. The second-order valence-corrected chi connectivity index (χ2v) is 6.22. The normalized spacial score (nSPS) is 21.8. The SMILES string of the molecule is Fc1ccc(Br)c(F)c1CN1CCN(C2CC2)CC1. The maximum atomic E-state index is 13.9. The third-order valence-electron chi connectivity index (χ3n) is 3.99. The molecule has 1 aromatic rings. The van der Waals surface area contributed by atoms with Crippen LogP contribution in [0, 0.1) is 11.6 Å². The average molecular weight is 331 g/mol. The zero-order valence-electron chi connectivity index (χ0n) is 10.7. The van der Waals surface area contributed by atoms with Crippen molar-refractivity contribution in [1.29, 1.82) is 0 Å². The quantitative estimate of drug-likeness (QED) is 0.786. The Kier molecular flexibility index (Phi) is 3.87. The molecule has 1 aliphatic heterocycles. The van der Waals surface area contributed by atoms with E-state index < -0.39 is 11.6 Å². The molecule has 1 saturated carbocycles. The summed E-state index contributed by atoms with van der Waals surface area (Å²) in [5, 5.41) is 0. The third-order valence-corrected chi connectivity index (χ3v) is 4.60. The summed E-state index contributed by atoms with van der Waals surface area (Å²) in [7, 11) is 0. The van der Waals surface area contributed by atoms with Crippen molar-refractivity contribution in [3.8, 4) is 0 Å². The van der Waals surface area contributed by atoms with Crippen molar-refractivity contribution in [3.05, 3.63) is 33.8 Å². The molecule has 2 fully saturated rings. The van der Waals surface area contributed by atoms with E-state index in [0.29, 0.717) is 11.0 Å². The number of hydrogen-bond acceptors (Lipinski definition) is 2. The van der Waals surface area contributed by atoms with Gasteiger partial charge in [0, 0.05) is 44.3 Å². The van der Waals surface area contributed by atoms with Crippen molar-refractivity contribution >= 4 is 15.9 Å². The Bertz CT molecular complexity index is 469. The molecule has 1 saturated heterocycles. The van der Waals surface area contributed by atoms with Crippen LogP contribution in [-0.4, -0.2) is 42.0 Å². The highest BCUT2D eigenvalue weighted by Crippen LogP contribution is 2.28. The lowest BCUT2D eigenvalue weighted by Crippen LogP contribution is -2.46. The van der Waals surface area contributed by atoms with Crippen LogP contribution in [0.3, 0.4) is 0 Å². The summed E-state index contributed by atoms with van der Waals surface area (Å²) in [6, 6.07) is 3.52. The van der Waals surface area contributed by atoms with E-state index in [2.05, 4.69) is 25.7 Å². The van der Waals surface area contributed by atoms with Crippen LogP contribution in [0.5, 0.6) is 0 Å². The number of hydrogen-bond donors (Lipinski definition) is 0. The second-order valence-electron chi connectivity index (χ2n) is 5.37. The summed E-state index contributed by atoms with van der Waals surface area (Å²) in [4.78, 5) is 4.62. The van der Waals surface area contributed by atoms with E-state index in [0.717, 1.165) is 32.2 Å². The Balaban J connectivity index is 1.64. The topological polar surface area (TPSA) is 6.48 Å². The van der Waals surface area contributed by atoms with Gasteiger partial charge in [-0.1, -0.05) is 0 Å². The molecule has 0 spiro atoms. The summed E-state index contributed by atoms with van der Waals surface area (Å²) in [5.74, 6) is -0.921. The maximum Gasteiger partial charge on any atom is 0.144 e. The molecule has 2 nitrogen and oxygen atoms in total. The van der Waals surface area contributed by atoms with Gasteiger partial charge in [-0.2, -0.15) is 0 Å². The molecule has 3 rings (SSSR count). The molecule has 0 radical (unpaired) electrons. The van der Waals surface area contributed by atoms with Gasteiger partial charge in [-0.05, 0) is 40.9 Å². The van der Waals surface area contributed by atoms with Crippen molar-refractivity contribution < 1.29 is 8.78 Å². The zero-order chi connectivity index (χ0) is 13.4. The van der Waals surface area contributed by atoms with Gasteiger partial charge < -0.3 is 0 Å². The fourth-order valence-corrected chi connectivity index (χ4v) is 3.04. The molecule has 1 heterocycles. The monoisotopic (exact) mass is 330 g/mol.